The molecule has 2 aliphatic rings. The highest BCUT2D eigenvalue weighted by Gasteiger charge is 2.35. The number of aromatic nitrogens is 4. The second kappa shape index (κ2) is 8.31. The molecule has 7 heteroatoms. The van der Waals surface area contributed by atoms with E-state index in [2.05, 4.69) is 44.6 Å². The predicted molar refractivity (Wildman–Crippen MR) is 107 cm³/mol. The van der Waals surface area contributed by atoms with Crippen LogP contribution in [0.25, 0.3) is 0 Å². The molecule has 150 valence electrons. The van der Waals surface area contributed by atoms with Gasteiger partial charge in [0.25, 0.3) is 0 Å². The molecule has 2 fully saturated rings. The fourth-order valence-electron chi connectivity index (χ4n) is 3.88. The second-order valence-electron chi connectivity index (χ2n) is 7.73. The topological polar surface area (TPSA) is 65.3 Å². The Balaban J connectivity index is 1.15. The Kier molecular flexibility index (Phi) is 5.23. The summed E-state index contributed by atoms with van der Waals surface area (Å²) in [4.78, 5) is 4.12. The SMILES string of the molecule is c1ccc(CN2CCOC(c3nnn(C4CC(Oc5ccccc5)C4)n3)C2)cc1. The third-order valence-electron chi connectivity index (χ3n) is 5.57. The summed E-state index contributed by atoms with van der Waals surface area (Å²) in [5.41, 5.74) is 1.31. The van der Waals surface area contributed by atoms with Crippen molar-refractivity contribution in [1.82, 2.24) is 25.1 Å². The van der Waals surface area contributed by atoms with E-state index in [1.807, 2.05) is 36.4 Å². The number of para-hydroxylation sites is 1. The lowest BCUT2D eigenvalue weighted by Gasteiger charge is -2.34. The minimum absolute atomic E-state index is 0.127. The van der Waals surface area contributed by atoms with Crippen LogP contribution in [0.15, 0.2) is 60.7 Å². The zero-order valence-corrected chi connectivity index (χ0v) is 16.3. The van der Waals surface area contributed by atoms with Crippen LogP contribution in [-0.4, -0.2) is 50.9 Å². The van der Waals surface area contributed by atoms with Crippen LogP contribution >= 0.6 is 0 Å². The van der Waals surface area contributed by atoms with Gasteiger partial charge >= 0.3 is 0 Å². The van der Waals surface area contributed by atoms with Gasteiger partial charge in [-0.1, -0.05) is 48.5 Å². The average Bonchev–Trinajstić information content (AvgIpc) is 3.22. The van der Waals surface area contributed by atoms with Gasteiger partial charge in [0, 0.05) is 32.5 Å². The first-order valence-corrected chi connectivity index (χ1v) is 10.2. The van der Waals surface area contributed by atoms with Crippen molar-refractivity contribution < 1.29 is 9.47 Å². The van der Waals surface area contributed by atoms with Gasteiger partial charge in [-0.15, -0.1) is 10.2 Å². The molecule has 1 aliphatic carbocycles. The summed E-state index contributed by atoms with van der Waals surface area (Å²) in [5, 5.41) is 13.2. The van der Waals surface area contributed by atoms with Gasteiger partial charge in [0.2, 0.25) is 5.82 Å². The molecule has 7 nitrogen and oxygen atoms in total. The lowest BCUT2D eigenvalue weighted by Crippen LogP contribution is -2.38. The molecule has 0 radical (unpaired) electrons. The molecule has 3 aromatic rings. The van der Waals surface area contributed by atoms with Crippen LogP contribution < -0.4 is 4.74 Å². The molecule has 0 N–H and O–H groups in total. The minimum Gasteiger partial charge on any atom is -0.490 e. The summed E-state index contributed by atoms with van der Waals surface area (Å²) in [5.74, 6) is 1.59. The molecule has 2 heterocycles. The smallest absolute Gasteiger partial charge is 0.204 e. The molecular weight excluding hydrogens is 366 g/mol. The predicted octanol–water partition coefficient (Wildman–Crippen LogP) is 3.03. The van der Waals surface area contributed by atoms with Gasteiger partial charge in [0.15, 0.2) is 0 Å². The first kappa shape index (κ1) is 18.3. The minimum atomic E-state index is -0.127. The van der Waals surface area contributed by atoms with Gasteiger partial charge in [-0.2, -0.15) is 4.80 Å². The van der Waals surface area contributed by atoms with Crippen LogP contribution in [0.2, 0.25) is 0 Å². The fraction of sp³-hybridized carbons (Fsp3) is 0.409. The van der Waals surface area contributed by atoms with Gasteiger partial charge in [-0.05, 0) is 22.9 Å². The number of morpholine rings is 1. The quantitative estimate of drug-likeness (QED) is 0.644. The Morgan fingerprint density at radius 3 is 2.55 bits per heavy atom. The van der Waals surface area contributed by atoms with E-state index in [1.165, 1.54) is 5.56 Å². The van der Waals surface area contributed by atoms with E-state index in [0.29, 0.717) is 12.4 Å². The zero-order chi connectivity index (χ0) is 19.5. The van der Waals surface area contributed by atoms with Crippen molar-refractivity contribution in [3.05, 3.63) is 72.1 Å². The Morgan fingerprint density at radius 2 is 1.76 bits per heavy atom. The van der Waals surface area contributed by atoms with Crippen LogP contribution in [0.5, 0.6) is 5.75 Å². The van der Waals surface area contributed by atoms with E-state index in [4.69, 9.17) is 9.47 Å². The summed E-state index contributed by atoms with van der Waals surface area (Å²) in [6.07, 6.45) is 1.88. The molecule has 1 aliphatic heterocycles. The first-order chi connectivity index (χ1) is 14.3. The molecule has 1 atom stereocenters. The van der Waals surface area contributed by atoms with E-state index in [0.717, 1.165) is 38.2 Å². The number of hydrogen-bond donors (Lipinski definition) is 0. The van der Waals surface area contributed by atoms with Crippen LogP contribution in [-0.2, 0) is 11.3 Å². The maximum atomic E-state index is 5.98. The van der Waals surface area contributed by atoms with Crippen LogP contribution in [0, 0.1) is 0 Å². The number of nitrogens with zero attached hydrogens (tertiary/aromatic N) is 5. The molecule has 1 saturated heterocycles. The highest BCUT2D eigenvalue weighted by molar-refractivity contribution is 5.21. The second-order valence-corrected chi connectivity index (χ2v) is 7.73. The summed E-state index contributed by atoms with van der Waals surface area (Å²) in [7, 11) is 0. The van der Waals surface area contributed by atoms with Crippen molar-refractivity contribution in [1.29, 1.82) is 0 Å². The number of benzene rings is 2. The van der Waals surface area contributed by atoms with Crippen LogP contribution in [0.1, 0.15) is 36.4 Å². The number of rotatable bonds is 6. The summed E-state index contributed by atoms with van der Waals surface area (Å²) >= 11 is 0. The highest BCUT2D eigenvalue weighted by atomic mass is 16.5. The van der Waals surface area contributed by atoms with Crippen molar-refractivity contribution in [2.24, 2.45) is 0 Å². The van der Waals surface area contributed by atoms with Gasteiger partial charge in [0.05, 0.1) is 12.6 Å². The maximum Gasteiger partial charge on any atom is 0.204 e. The average molecular weight is 391 g/mol. The van der Waals surface area contributed by atoms with E-state index in [1.54, 1.807) is 4.80 Å². The third kappa shape index (κ3) is 4.31. The van der Waals surface area contributed by atoms with E-state index >= 15 is 0 Å². The molecule has 5 rings (SSSR count). The molecule has 0 bridgehead atoms. The first-order valence-electron chi connectivity index (χ1n) is 10.2. The summed E-state index contributed by atoms with van der Waals surface area (Å²) in [6.45, 7) is 3.30. The Morgan fingerprint density at radius 1 is 1.00 bits per heavy atom. The van der Waals surface area contributed by atoms with E-state index in [9.17, 15) is 0 Å². The van der Waals surface area contributed by atoms with Crippen LogP contribution in [0.3, 0.4) is 0 Å². The number of ether oxygens (including phenoxy) is 2. The molecule has 1 aromatic heterocycles. The normalized spacial score (nSPS) is 24.8. The standard InChI is InChI=1S/C22H25N5O2/c1-3-7-17(8-4-1)15-26-11-12-28-21(16-26)22-23-25-27(24-22)18-13-20(14-18)29-19-9-5-2-6-10-19/h1-10,18,20-21H,11-16H2. The largest absolute Gasteiger partial charge is 0.490 e. The molecular formula is C22H25N5O2. The Hall–Kier alpha value is -2.77. The molecule has 0 amide bonds. The fourth-order valence-corrected chi connectivity index (χ4v) is 3.88. The van der Waals surface area contributed by atoms with Crippen molar-refractivity contribution in [2.45, 2.75) is 37.6 Å². The highest BCUT2D eigenvalue weighted by Crippen LogP contribution is 2.34. The van der Waals surface area contributed by atoms with Gasteiger partial charge in [-0.25, -0.2) is 0 Å². The van der Waals surface area contributed by atoms with Gasteiger partial charge in [-0.3, -0.25) is 4.90 Å². The molecule has 0 spiro atoms. The Labute approximate surface area is 170 Å². The monoisotopic (exact) mass is 391 g/mol. The number of hydrogen-bond acceptors (Lipinski definition) is 6. The van der Waals surface area contributed by atoms with Crippen LogP contribution in [0.4, 0.5) is 0 Å². The Bertz CT molecular complexity index is 911. The molecule has 1 saturated carbocycles. The lowest BCUT2D eigenvalue weighted by molar-refractivity contribution is -0.0376. The number of tetrazole rings is 1. The third-order valence-corrected chi connectivity index (χ3v) is 5.57. The zero-order valence-electron chi connectivity index (χ0n) is 16.3. The van der Waals surface area contributed by atoms with E-state index < -0.39 is 0 Å². The van der Waals surface area contributed by atoms with Crippen molar-refractivity contribution in [2.75, 3.05) is 19.7 Å². The molecule has 29 heavy (non-hydrogen) atoms. The molecule has 2 aromatic carbocycles. The summed E-state index contributed by atoms with van der Waals surface area (Å²) in [6, 6.07) is 20.7. The van der Waals surface area contributed by atoms with Crippen molar-refractivity contribution in [3.8, 4) is 5.75 Å². The van der Waals surface area contributed by atoms with Gasteiger partial charge in [0.1, 0.15) is 18.0 Å². The maximum absolute atomic E-state index is 5.98. The van der Waals surface area contributed by atoms with Crippen molar-refractivity contribution in [3.63, 3.8) is 0 Å². The molecule has 1 unspecified atom stereocenters. The van der Waals surface area contributed by atoms with Crippen molar-refractivity contribution >= 4 is 0 Å². The van der Waals surface area contributed by atoms with E-state index in [-0.39, 0.29) is 18.2 Å². The van der Waals surface area contributed by atoms with Gasteiger partial charge < -0.3 is 9.47 Å². The lowest BCUT2D eigenvalue weighted by atomic mass is 9.90. The summed E-state index contributed by atoms with van der Waals surface area (Å²) < 4.78 is 11.9.